The first-order valence-corrected chi connectivity index (χ1v) is 10.1. The number of benzene rings is 1. The number of rotatable bonds is 6. The molecule has 8 heteroatoms. The number of aliphatic carboxylic acids is 1. The van der Waals surface area contributed by atoms with Crippen LogP contribution in [0.25, 0.3) is 17.1 Å². The Morgan fingerprint density at radius 3 is 2.52 bits per heavy atom. The average molecular weight is 415 g/mol. The normalized spacial score (nSPS) is 13.6. The molecule has 4 rings (SSSR count). The minimum absolute atomic E-state index is 0.0954. The third kappa shape index (κ3) is 4.31. The van der Waals surface area contributed by atoms with Gasteiger partial charge in [-0.1, -0.05) is 43.2 Å². The van der Waals surface area contributed by atoms with Gasteiger partial charge in [0.05, 0.1) is 11.3 Å². The Kier molecular flexibility index (Phi) is 5.76. The molecule has 1 aliphatic rings. The highest BCUT2D eigenvalue weighted by Crippen LogP contribution is 2.27. The van der Waals surface area contributed by atoms with E-state index in [9.17, 15) is 14.7 Å². The number of carbonyl (C=O) groups excluding carboxylic acids is 1. The van der Waals surface area contributed by atoms with E-state index < -0.39 is 11.9 Å². The lowest BCUT2D eigenvalue weighted by atomic mass is 10.1. The van der Waals surface area contributed by atoms with Crippen molar-refractivity contribution in [3.8, 4) is 23.1 Å². The standard InChI is InChI=1S/C23H21N5O3/c24-13-16-10-11-21(25-14-16)28-20(17-6-2-1-3-7-17)12-19(26-28)23(31)27(15-22(29)30)18-8-4-5-9-18/h1-3,6-7,10-12,14,18H,4-5,8-9,15H2,(H,29,30). The van der Waals surface area contributed by atoms with E-state index >= 15 is 0 Å². The van der Waals surface area contributed by atoms with Gasteiger partial charge >= 0.3 is 5.97 Å². The molecule has 31 heavy (non-hydrogen) atoms. The van der Waals surface area contributed by atoms with Gasteiger partial charge in [-0.15, -0.1) is 0 Å². The molecule has 8 nitrogen and oxygen atoms in total. The fraction of sp³-hybridized carbons (Fsp3) is 0.261. The maximum absolute atomic E-state index is 13.3. The Labute approximate surface area is 179 Å². The third-order valence-electron chi connectivity index (χ3n) is 5.42. The number of hydrogen-bond donors (Lipinski definition) is 1. The monoisotopic (exact) mass is 415 g/mol. The molecule has 1 saturated carbocycles. The molecule has 0 atom stereocenters. The molecule has 1 aromatic carbocycles. The highest BCUT2D eigenvalue weighted by Gasteiger charge is 2.31. The molecule has 0 bridgehead atoms. The number of aromatic nitrogens is 3. The number of carboxylic acids is 1. The molecule has 0 aliphatic heterocycles. The predicted molar refractivity (Wildman–Crippen MR) is 112 cm³/mol. The molecule has 1 aliphatic carbocycles. The van der Waals surface area contributed by atoms with Crippen molar-refractivity contribution in [1.82, 2.24) is 19.7 Å². The van der Waals surface area contributed by atoms with Crippen LogP contribution in [-0.2, 0) is 4.79 Å². The molecule has 1 fully saturated rings. The molecular formula is C23H21N5O3. The van der Waals surface area contributed by atoms with Gasteiger partial charge in [-0.2, -0.15) is 10.4 Å². The zero-order valence-corrected chi connectivity index (χ0v) is 16.8. The van der Waals surface area contributed by atoms with Gasteiger partial charge in [-0.3, -0.25) is 9.59 Å². The number of carbonyl (C=O) groups is 2. The Morgan fingerprint density at radius 1 is 1.16 bits per heavy atom. The van der Waals surface area contributed by atoms with E-state index in [1.807, 2.05) is 36.4 Å². The van der Waals surface area contributed by atoms with Gasteiger partial charge in [0.15, 0.2) is 11.5 Å². The fourth-order valence-electron chi connectivity index (χ4n) is 3.93. The number of amides is 1. The summed E-state index contributed by atoms with van der Waals surface area (Å²) in [6.45, 7) is -0.355. The summed E-state index contributed by atoms with van der Waals surface area (Å²) in [5.41, 5.74) is 2.08. The molecule has 3 aromatic rings. The minimum atomic E-state index is -1.04. The molecule has 0 saturated heterocycles. The van der Waals surface area contributed by atoms with E-state index in [1.165, 1.54) is 11.1 Å². The van der Waals surface area contributed by atoms with Crippen LogP contribution in [0.4, 0.5) is 0 Å². The van der Waals surface area contributed by atoms with Crippen LogP contribution < -0.4 is 0 Å². The molecule has 156 valence electrons. The van der Waals surface area contributed by atoms with Crippen LogP contribution in [0.1, 0.15) is 41.7 Å². The predicted octanol–water partition coefficient (Wildman–Crippen LogP) is 3.28. The molecule has 2 aromatic heterocycles. The summed E-state index contributed by atoms with van der Waals surface area (Å²) in [5.74, 6) is -0.988. The van der Waals surface area contributed by atoms with E-state index in [4.69, 9.17) is 5.26 Å². The van der Waals surface area contributed by atoms with Crippen molar-refractivity contribution in [3.05, 3.63) is 66.0 Å². The summed E-state index contributed by atoms with van der Waals surface area (Å²) in [5, 5.41) is 22.9. The average Bonchev–Trinajstić information content (AvgIpc) is 3.48. The summed E-state index contributed by atoms with van der Waals surface area (Å²) in [4.78, 5) is 30.5. The molecule has 2 heterocycles. The van der Waals surface area contributed by atoms with Gasteiger partial charge in [-0.05, 0) is 31.0 Å². The van der Waals surface area contributed by atoms with E-state index in [-0.39, 0.29) is 18.3 Å². The first kappa shape index (κ1) is 20.3. The van der Waals surface area contributed by atoms with Crippen LogP contribution in [0.3, 0.4) is 0 Å². The lowest BCUT2D eigenvalue weighted by molar-refractivity contribution is -0.138. The highest BCUT2D eigenvalue weighted by atomic mass is 16.4. The third-order valence-corrected chi connectivity index (χ3v) is 5.42. The quantitative estimate of drug-likeness (QED) is 0.661. The molecule has 0 unspecified atom stereocenters. The summed E-state index contributed by atoms with van der Waals surface area (Å²) >= 11 is 0. The Bertz CT molecular complexity index is 1130. The van der Waals surface area contributed by atoms with Crippen molar-refractivity contribution in [1.29, 1.82) is 5.26 Å². The van der Waals surface area contributed by atoms with Crippen LogP contribution in [0.5, 0.6) is 0 Å². The van der Waals surface area contributed by atoms with Crippen molar-refractivity contribution in [2.45, 2.75) is 31.7 Å². The second-order valence-corrected chi connectivity index (χ2v) is 7.47. The van der Waals surface area contributed by atoms with Crippen LogP contribution in [-0.4, -0.2) is 49.2 Å². The summed E-state index contributed by atoms with van der Waals surface area (Å²) in [6.07, 6.45) is 4.99. The van der Waals surface area contributed by atoms with E-state index in [2.05, 4.69) is 10.1 Å². The second-order valence-electron chi connectivity index (χ2n) is 7.47. The number of nitriles is 1. The van der Waals surface area contributed by atoms with Gasteiger partial charge in [0, 0.05) is 17.8 Å². The Hall–Kier alpha value is -3.99. The number of hydrogen-bond acceptors (Lipinski definition) is 5. The Balaban J connectivity index is 1.77. The first-order chi connectivity index (χ1) is 15.1. The van der Waals surface area contributed by atoms with Gasteiger partial charge < -0.3 is 10.0 Å². The molecule has 0 radical (unpaired) electrons. The van der Waals surface area contributed by atoms with Crippen LogP contribution in [0.2, 0.25) is 0 Å². The lowest BCUT2D eigenvalue weighted by Crippen LogP contribution is -2.42. The minimum Gasteiger partial charge on any atom is -0.480 e. The van der Waals surface area contributed by atoms with Crippen LogP contribution in [0.15, 0.2) is 54.7 Å². The van der Waals surface area contributed by atoms with Crippen molar-refractivity contribution in [2.24, 2.45) is 0 Å². The molecule has 1 N–H and O–H groups in total. The van der Waals surface area contributed by atoms with Gasteiger partial charge in [0.2, 0.25) is 0 Å². The number of carboxylic acid groups (broad SMARTS) is 1. The van der Waals surface area contributed by atoms with Crippen molar-refractivity contribution in [2.75, 3.05) is 6.54 Å². The summed E-state index contributed by atoms with van der Waals surface area (Å²) < 4.78 is 1.55. The van der Waals surface area contributed by atoms with Crippen molar-refractivity contribution in [3.63, 3.8) is 0 Å². The van der Waals surface area contributed by atoms with E-state index in [0.717, 1.165) is 31.2 Å². The second kappa shape index (κ2) is 8.79. The van der Waals surface area contributed by atoms with Crippen LogP contribution in [0, 0.1) is 11.3 Å². The fourth-order valence-corrected chi connectivity index (χ4v) is 3.93. The summed E-state index contributed by atoms with van der Waals surface area (Å²) in [7, 11) is 0. The SMILES string of the molecule is N#Cc1ccc(-n2nc(C(=O)N(CC(=O)O)C3CCCC3)cc2-c2ccccc2)nc1. The summed E-state index contributed by atoms with van der Waals surface area (Å²) in [6, 6.07) is 16.4. The van der Waals surface area contributed by atoms with Gasteiger partial charge in [-0.25, -0.2) is 9.67 Å². The smallest absolute Gasteiger partial charge is 0.323 e. The Morgan fingerprint density at radius 2 is 1.90 bits per heavy atom. The largest absolute Gasteiger partial charge is 0.480 e. The molecule has 0 spiro atoms. The van der Waals surface area contributed by atoms with Gasteiger partial charge in [0.1, 0.15) is 12.6 Å². The maximum atomic E-state index is 13.3. The number of pyridine rings is 1. The van der Waals surface area contributed by atoms with E-state index in [0.29, 0.717) is 17.1 Å². The van der Waals surface area contributed by atoms with Crippen molar-refractivity contribution >= 4 is 11.9 Å². The van der Waals surface area contributed by atoms with Gasteiger partial charge in [0.25, 0.3) is 5.91 Å². The zero-order chi connectivity index (χ0) is 21.8. The number of nitrogens with zero attached hydrogens (tertiary/aromatic N) is 5. The molecular weight excluding hydrogens is 394 g/mol. The highest BCUT2D eigenvalue weighted by molar-refractivity contribution is 5.95. The lowest BCUT2D eigenvalue weighted by Gasteiger charge is -2.26. The maximum Gasteiger partial charge on any atom is 0.323 e. The zero-order valence-electron chi connectivity index (χ0n) is 16.8. The van der Waals surface area contributed by atoms with Crippen molar-refractivity contribution < 1.29 is 14.7 Å². The van der Waals surface area contributed by atoms with Crippen LogP contribution >= 0.6 is 0 Å². The topological polar surface area (TPSA) is 112 Å². The molecule has 1 amide bonds. The van der Waals surface area contributed by atoms with E-state index in [1.54, 1.807) is 22.9 Å². The first-order valence-electron chi connectivity index (χ1n) is 10.1.